The predicted molar refractivity (Wildman–Crippen MR) is 130 cm³/mol. The number of unbranched alkanes of at least 4 members (excludes halogenated alkanes) is 5. The zero-order chi connectivity index (χ0) is 21.8. The number of nitrogens with one attached hydrogen (secondary N) is 1. The highest BCUT2D eigenvalue weighted by Crippen LogP contribution is 2.26. The Balaban J connectivity index is 2.03. The highest BCUT2D eigenvalue weighted by molar-refractivity contribution is 6.36. The van der Waals surface area contributed by atoms with Gasteiger partial charge in [0.1, 0.15) is 0 Å². The fourth-order valence-corrected chi connectivity index (χ4v) is 3.81. The van der Waals surface area contributed by atoms with E-state index in [9.17, 15) is 4.79 Å². The van der Waals surface area contributed by atoms with Gasteiger partial charge < -0.3 is 10.2 Å². The first kappa shape index (κ1) is 24.6. The van der Waals surface area contributed by atoms with Crippen molar-refractivity contribution in [3.8, 4) is 0 Å². The van der Waals surface area contributed by atoms with Gasteiger partial charge in [-0.15, -0.1) is 0 Å². The standard InChI is InChI=1S/C25H34Cl2N2O/c1-3-5-7-8-9-17-29(19-21-13-11-20(12-14-21)10-6-4-2)25(30)28-24-16-15-22(26)18-23(24)27/h11-16,18H,3-10,17,19H2,1-2H3,(H,28,30). The quantitative estimate of drug-likeness (QED) is 0.325. The fraction of sp³-hybridized carbons (Fsp3) is 0.480. The monoisotopic (exact) mass is 448 g/mol. The number of amides is 2. The van der Waals surface area contributed by atoms with E-state index in [0.717, 1.165) is 31.4 Å². The lowest BCUT2D eigenvalue weighted by atomic mass is 10.1. The number of hydrogen-bond donors (Lipinski definition) is 1. The number of carbonyl (C=O) groups is 1. The van der Waals surface area contributed by atoms with E-state index in [4.69, 9.17) is 23.2 Å². The molecule has 2 amide bonds. The van der Waals surface area contributed by atoms with Gasteiger partial charge in [-0.2, -0.15) is 0 Å². The van der Waals surface area contributed by atoms with Crippen LogP contribution < -0.4 is 5.32 Å². The molecule has 0 radical (unpaired) electrons. The van der Waals surface area contributed by atoms with Crippen LogP contribution in [0.15, 0.2) is 42.5 Å². The Bertz CT molecular complexity index is 777. The van der Waals surface area contributed by atoms with Crippen molar-refractivity contribution in [2.45, 2.75) is 71.8 Å². The Morgan fingerprint density at radius 3 is 2.20 bits per heavy atom. The Morgan fingerprint density at radius 1 is 0.867 bits per heavy atom. The van der Waals surface area contributed by atoms with Crippen LogP contribution in [0, 0.1) is 0 Å². The van der Waals surface area contributed by atoms with Gasteiger partial charge in [-0.1, -0.05) is 93.4 Å². The topological polar surface area (TPSA) is 32.3 Å². The van der Waals surface area contributed by atoms with Gasteiger partial charge in [-0.3, -0.25) is 0 Å². The van der Waals surface area contributed by atoms with E-state index >= 15 is 0 Å². The van der Waals surface area contributed by atoms with Crippen molar-refractivity contribution in [3.63, 3.8) is 0 Å². The van der Waals surface area contributed by atoms with Gasteiger partial charge in [0.25, 0.3) is 0 Å². The summed E-state index contributed by atoms with van der Waals surface area (Å²) in [5.41, 5.74) is 3.07. The SMILES string of the molecule is CCCCCCCN(Cc1ccc(CCCC)cc1)C(=O)Nc1ccc(Cl)cc1Cl. The molecule has 0 heterocycles. The summed E-state index contributed by atoms with van der Waals surface area (Å²) in [6, 6.07) is 13.6. The lowest BCUT2D eigenvalue weighted by Gasteiger charge is -2.24. The Labute approximate surface area is 191 Å². The molecule has 2 rings (SSSR count). The maximum atomic E-state index is 13.0. The normalized spacial score (nSPS) is 10.8. The number of benzene rings is 2. The van der Waals surface area contributed by atoms with Crippen LogP contribution in [0.3, 0.4) is 0 Å². The number of urea groups is 1. The first-order valence-electron chi connectivity index (χ1n) is 11.1. The average Bonchev–Trinajstić information content (AvgIpc) is 2.74. The lowest BCUT2D eigenvalue weighted by molar-refractivity contribution is 0.207. The number of aryl methyl sites for hydroxylation is 1. The second-order valence-corrected chi connectivity index (χ2v) is 8.65. The van der Waals surface area contributed by atoms with Gasteiger partial charge >= 0.3 is 6.03 Å². The van der Waals surface area contributed by atoms with Gasteiger partial charge in [-0.05, 0) is 48.6 Å². The van der Waals surface area contributed by atoms with E-state index in [1.54, 1.807) is 18.2 Å². The first-order valence-corrected chi connectivity index (χ1v) is 11.9. The molecule has 0 saturated carbocycles. The van der Waals surface area contributed by atoms with Crippen molar-refractivity contribution in [2.24, 2.45) is 0 Å². The Hall–Kier alpha value is -1.71. The van der Waals surface area contributed by atoms with Crippen molar-refractivity contribution in [3.05, 3.63) is 63.6 Å². The molecule has 0 aliphatic heterocycles. The summed E-state index contributed by atoms with van der Waals surface area (Å²) in [5.74, 6) is 0. The summed E-state index contributed by atoms with van der Waals surface area (Å²) < 4.78 is 0. The molecule has 0 unspecified atom stereocenters. The van der Waals surface area contributed by atoms with Crippen LogP contribution >= 0.6 is 23.2 Å². The number of rotatable bonds is 12. The second kappa shape index (κ2) is 13.6. The molecule has 1 N–H and O–H groups in total. The predicted octanol–water partition coefficient (Wildman–Crippen LogP) is 8.34. The molecular formula is C25H34Cl2N2O. The van der Waals surface area contributed by atoms with Gasteiger partial charge in [0.15, 0.2) is 0 Å². The van der Waals surface area contributed by atoms with Crippen LogP contribution in [-0.4, -0.2) is 17.5 Å². The minimum absolute atomic E-state index is 0.134. The van der Waals surface area contributed by atoms with Gasteiger partial charge in [-0.25, -0.2) is 4.79 Å². The highest BCUT2D eigenvalue weighted by Gasteiger charge is 2.15. The zero-order valence-electron chi connectivity index (χ0n) is 18.2. The molecule has 0 aromatic heterocycles. The number of halogens is 2. The van der Waals surface area contributed by atoms with Gasteiger partial charge in [0.05, 0.1) is 10.7 Å². The summed E-state index contributed by atoms with van der Waals surface area (Å²) in [4.78, 5) is 14.9. The molecule has 0 saturated heterocycles. The third-order valence-electron chi connectivity index (χ3n) is 5.21. The largest absolute Gasteiger partial charge is 0.322 e. The van der Waals surface area contributed by atoms with Crippen molar-refractivity contribution in [2.75, 3.05) is 11.9 Å². The molecule has 0 aliphatic rings. The molecule has 30 heavy (non-hydrogen) atoms. The van der Waals surface area contributed by atoms with Crippen LogP contribution in [0.4, 0.5) is 10.5 Å². The summed E-state index contributed by atoms with van der Waals surface area (Å²) >= 11 is 12.2. The molecular weight excluding hydrogens is 415 g/mol. The van der Waals surface area contributed by atoms with E-state index in [0.29, 0.717) is 22.3 Å². The summed E-state index contributed by atoms with van der Waals surface area (Å²) in [7, 11) is 0. The molecule has 2 aromatic rings. The molecule has 0 fully saturated rings. The zero-order valence-corrected chi connectivity index (χ0v) is 19.7. The summed E-state index contributed by atoms with van der Waals surface area (Å²) in [6.07, 6.45) is 9.30. The van der Waals surface area contributed by atoms with Crippen LogP contribution in [0.1, 0.15) is 69.9 Å². The minimum Gasteiger partial charge on any atom is -0.320 e. The Morgan fingerprint density at radius 2 is 1.53 bits per heavy atom. The molecule has 0 bridgehead atoms. The number of hydrogen-bond acceptors (Lipinski definition) is 1. The van der Waals surface area contributed by atoms with Crippen molar-refractivity contribution >= 4 is 34.9 Å². The molecule has 5 heteroatoms. The van der Waals surface area contributed by atoms with Crippen molar-refractivity contribution in [1.82, 2.24) is 4.90 Å². The second-order valence-electron chi connectivity index (χ2n) is 7.81. The van der Waals surface area contributed by atoms with Gasteiger partial charge in [0, 0.05) is 18.1 Å². The molecule has 2 aromatic carbocycles. The molecule has 164 valence electrons. The van der Waals surface area contributed by atoms with Crippen LogP contribution in [0.5, 0.6) is 0 Å². The van der Waals surface area contributed by atoms with Crippen molar-refractivity contribution in [1.29, 1.82) is 0 Å². The van der Waals surface area contributed by atoms with E-state index in [1.165, 1.54) is 37.7 Å². The van der Waals surface area contributed by atoms with Crippen molar-refractivity contribution < 1.29 is 4.79 Å². The molecule has 0 atom stereocenters. The van der Waals surface area contributed by atoms with E-state index < -0.39 is 0 Å². The Kier molecular flexibility index (Phi) is 11.1. The minimum atomic E-state index is -0.134. The highest BCUT2D eigenvalue weighted by atomic mass is 35.5. The fourth-order valence-electron chi connectivity index (χ4n) is 3.36. The lowest BCUT2D eigenvalue weighted by Crippen LogP contribution is -2.35. The van der Waals surface area contributed by atoms with Crippen LogP contribution in [0.2, 0.25) is 10.0 Å². The summed E-state index contributed by atoms with van der Waals surface area (Å²) in [5, 5.41) is 3.94. The number of anilines is 1. The maximum absolute atomic E-state index is 13.0. The molecule has 0 spiro atoms. The smallest absolute Gasteiger partial charge is 0.320 e. The number of carbonyl (C=O) groups excluding carboxylic acids is 1. The van der Waals surface area contributed by atoms with Crippen LogP contribution in [-0.2, 0) is 13.0 Å². The maximum Gasteiger partial charge on any atom is 0.322 e. The third kappa shape index (κ3) is 8.57. The first-order chi connectivity index (χ1) is 14.5. The number of nitrogens with zero attached hydrogens (tertiary/aromatic N) is 1. The van der Waals surface area contributed by atoms with Crippen LogP contribution in [0.25, 0.3) is 0 Å². The summed E-state index contributed by atoms with van der Waals surface area (Å²) in [6.45, 7) is 5.72. The third-order valence-corrected chi connectivity index (χ3v) is 5.75. The van der Waals surface area contributed by atoms with E-state index in [2.05, 4.69) is 43.4 Å². The van der Waals surface area contributed by atoms with E-state index in [-0.39, 0.29) is 6.03 Å². The molecule has 3 nitrogen and oxygen atoms in total. The average molecular weight is 449 g/mol. The van der Waals surface area contributed by atoms with Gasteiger partial charge in [0.2, 0.25) is 0 Å². The van der Waals surface area contributed by atoms with E-state index in [1.807, 2.05) is 4.90 Å². The molecule has 0 aliphatic carbocycles.